The molecule has 2 heterocycles. The fourth-order valence-electron chi connectivity index (χ4n) is 1.87. The second-order valence-corrected chi connectivity index (χ2v) is 5.50. The number of rotatable bonds is 3. The van der Waals surface area contributed by atoms with Crippen LogP contribution in [0.2, 0.25) is 0 Å². The van der Waals surface area contributed by atoms with Crippen molar-refractivity contribution in [1.82, 2.24) is 14.7 Å². The topological polar surface area (TPSA) is 41.1 Å². The Bertz CT molecular complexity index is 663. The Labute approximate surface area is 124 Å². The van der Waals surface area contributed by atoms with E-state index in [0.717, 1.165) is 5.56 Å². The van der Waals surface area contributed by atoms with Gasteiger partial charge in [0.1, 0.15) is 5.82 Å². The molecule has 2 aromatic rings. The predicted octanol–water partition coefficient (Wildman–Crippen LogP) is 3.45. The van der Waals surface area contributed by atoms with Crippen LogP contribution >= 0.6 is 23.9 Å². The summed E-state index contributed by atoms with van der Waals surface area (Å²) in [5.41, 5.74) is 1.94. The number of aromatic nitrogens is 2. The van der Waals surface area contributed by atoms with Crippen LogP contribution in [-0.4, -0.2) is 16.2 Å². The lowest BCUT2D eigenvalue weighted by molar-refractivity contribution is 0.630. The molecule has 1 aliphatic heterocycles. The maximum atomic E-state index is 14.2. The van der Waals surface area contributed by atoms with Gasteiger partial charge in [0.2, 0.25) is 0 Å². The van der Waals surface area contributed by atoms with Gasteiger partial charge in [0.15, 0.2) is 5.16 Å². The van der Waals surface area contributed by atoms with Crippen molar-refractivity contribution in [3.63, 3.8) is 0 Å². The van der Waals surface area contributed by atoms with Crippen LogP contribution in [0.4, 0.5) is 10.1 Å². The highest BCUT2D eigenvalue weighted by atomic mass is 32.2. The Morgan fingerprint density at radius 1 is 1.35 bits per heavy atom. The highest BCUT2D eigenvalue weighted by Crippen LogP contribution is 2.36. The van der Waals surface area contributed by atoms with Gasteiger partial charge in [-0.1, -0.05) is 23.9 Å². The van der Waals surface area contributed by atoms with Crippen molar-refractivity contribution in [1.29, 1.82) is 0 Å². The number of halogens is 1. The van der Waals surface area contributed by atoms with Crippen molar-refractivity contribution >= 4 is 29.6 Å². The number of benzene rings is 1. The zero-order valence-corrected chi connectivity index (χ0v) is 12.2. The molecule has 0 saturated carbocycles. The first-order chi connectivity index (χ1) is 9.79. The van der Waals surface area contributed by atoms with Crippen LogP contribution in [0.5, 0.6) is 0 Å². The molecule has 0 saturated heterocycles. The summed E-state index contributed by atoms with van der Waals surface area (Å²) in [7, 11) is 0. The summed E-state index contributed by atoms with van der Waals surface area (Å²) in [4.78, 5) is 8.59. The van der Waals surface area contributed by atoms with Crippen molar-refractivity contribution in [3.8, 4) is 11.3 Å². The van der Waals surface area contributed by atoms with E-state index in [9.17, 15) is 4.39 Å². The lowest BCUT2D eigenvalue weighted by Crippen LogP contribution is -2.08. The molecule has 1 aliphatic rings. The Kier molecular flexibility index (Phi) is 3.79. The minimum atomic E-state index is -0.285. The molecule has 7 heteroatoms. The van der Waals surface area contributed by atoms with E-state index in [1.54, 1.807) is 35.0 Å². The van der Waals surface area contributed by atoms with Crippen LogP contribution in [0.25, 0.3) is 11.3 Å². The summed E-state index contributed by atoms with van der Waals surface area (Å²) >= 11 is 2.77. The van der Waals surface area contributed by atoms with E-state index in [1.807, 2.05) is 12.3 Å². The molecule has 1 aromatic heterocycles. The Hall–Kier alpha value is -1.73. The van der Waals surface area contributed by atoms with E-state index in [4.69, 9.17) is 0 Å². The Morgan fingerprint density at radius 3 is 3.00 bits per heavy atom. The summed E-state index contributed by atoms with van der Waals surface area (Å²) in [5, 5.41) is 0.667. The van der Waals surface area contributed by atoms with E-state index in [-0.39, 0.29) is 5.82 Å². The summed E-state index contributed by atoms with van der Waals surface area (Å²) in [6.07, 6.45) is 7.14. The number of hydrogen-bond acceptors (Lipinski definition) is 6. The number of para-hydroxylation sites is 1. The van der Waals surface area contributed by atoms with Gasteiger partial charge in [-0.05, 0) is 18.4 Å². The minimum Gasteiger partial charge on any atom is -0.317 e. The molecule has 102 valence electrons. The van der Waals surface area contributed by atoms with Crippen molar-refractivity contribution in [3.05, 3.63) is 48.7 Å². The molecule has 20 heavy (non-hydrogen) atoms. The molecule has 1 N–H and O–H groups in total. The van der Waals surface area contributed by atoms with E-state index in [2.05, 4.69) is 14.7 Å². The highest BCUT2D eigenvalue weighted by molar-refractivity contribution is 7.99. The number of hydrogen-bond donors (Lipinski definition) is 1. The molecule has 0 bridgehead atoms. The third kappa shape index (κ3) is 2.46. The van der Waals surface area contributed by atoms with Gasteiger partial charge in [0.05, 0.1) is 23.5 Å². The van der Waals surface area contributed by atoms with Gasteiger partial charge in [0, 0.05) is 24.2 Å². The van der Waals surface area contributed by atoms with Crippen LogP contribution < -0.4 is 9.03 Å². The van der Waals surface area contributed by atoms with E-state index >= 15 is 0 Å². The molecule has 0 aliphatic carbocycles. The number of nitrogens with zero attached hydrogens (tertiary/aromatic N) is 3. The molecule has 0 amide bonds. The second kappa shape index (κ2) is 5.72. The third-order valence-electron chi connectivity index (χ3n) is 2.73. The Morgan fingerprint density at radius 2 is 2.25 bits per heavy atom. The third-order valence-corrected chi connectivity index (χ3v) is 4.03. The highest BCUT2D eigenvalue weighted by Gasteiger charge is 2.19. The maximum Gasteiger partial charge on any atom is 0.187 e. The second-order valence-electron chi connectivity index (χ2n) is 3.92. The zero-order chi connectivity index (χ0) is 13.9. The number of anilines is 1. The summed E-state index contributed by atoms with van der Waals surface area (Å²) in [6.45, 7) is 0. The summed E-state index contributed by atoms with van der Waals surface area (Å²) < 4.78 is 18.9. The SMILES string of the molecule is CSc1nccc(-c2cccc(F)c2N2C=CNS2)n1. The first-order valence-corrected chi connectivity index (χ1v) is 7.84. The molecule has 0 atom stereocenters. The molecular formula is C13H11FN4S2. The average molecular weight is 306 g/mol. The van der Waals surface area contributed by atoms with Crippen LogP contribution in [0, 0.1) is 5.82 Å². The standard InChI is InChI=1S/C13H11FN4S2/c1-19-13-15-6-5-11(17-13)9-3-2-4-10(14)12(9)18-8-7-16-20-18/h2-8,16H,1H3. The molecule has 0 spiro atoms. The smallest absolute Gasteiger partial charge is 0.187 e. The average Bonchev–Trinajstić information content (AvgIpc) is 3.01. The van der Waals surface area contributed by atoms with Crippen LogP contribution in [0.15, 0.2) is 48.0 Å². The van der Waals surface area contributed by atoms with Gasteiger partial charge in [-0.15, -0.1) is 0 Å². The Balaban J connectivity index is 2.12. The fourth-order valence-corrected chi connectivity index (χ4v) is 2.86. The number of nitrogens with one attached hydrogen (secondary N) is 1. The molecule has 0 unspecified atom stereocenters. The van der Waals surface area contributed by atoms with Gasteiger partial charge >= 0.3 is 0 Å². The lowest BCUT2D eigenvalue weighted by Gasteiger charge is -2.18. The van der Waals surface area contributed by atoms with Gasteiger partial charge in [-0.25, -0.2) is 14.4 Å². The van der Waals surface area contributed by atoms with E-state index in [1.165, 1.54) is 30.0 Å². The van der Waals surface area contributed by atoms with Crippen molar-refractivity contribution in [2.75, 3.05) is 10.6 Å². The van der Waals surface area contributed by atoms with Crippen LogP contribution in [0.3, 0.4) is 0 Å². The minimum absolute atomic E-state index is 0.285. The normalized spacial score (nSPS) is 13.6. The van der Waals surface area contributed by atoms with Crippen molar-refractivity contribution < 1.29 is 4.39 Å². The van der Waals surface area contributed by atoms with Gasteiger partial charge in [-0.3, -0.25) is 4.31 Å². The summed E-state index contributed by atoms with van der Waals surface area (Å²) in [5.74, 6) is -0.285. The summed E-state index contributed by atoms with van der Waals surface area (Å²) in [6, 6.07) is 6.78. The number of thioether (sulfide) groups is 1. The quantitative estimate of drug-likeness (QED) is 0.532. The lowest BCUT2D eigenvalue weighted by atomic mass is 10.1. The molecule has 0 radical (unpaired) electrons. The maximum absolute atomic E-state index is 14.2. The fraction of sp³-hybridized carbons (Fsp3) is 0.0769. The monoisotopic (exact) mass is 306 g/mol. The molecule has 0 fully saturated rings. The first kappa shape index (κ1) is 13.3. The molecule has 4 nitrogen and oxygen atoms in total. The molecular weight excluding hydrogens is 295 g/mol. The van der Waals surface area contributed by atoms with Gasteiger partial charge in [0.25, 0.3) is 0 Å². The van der Waals surface area contributed by atoms with Crippen LogP contribution in [0.1, 0.15) is 0 Å². The molecule has 1 aromatic carbocycles. The van der Waals surface area contributed by atoms with Gasteiger partial charge < -0.3 is 4.72 Å². The van der Waals surface area contributed by atoms with Gasteiger partial charge in [-0.2, -0.15) is 0 Å². The van der Waals surface area contributed by atoms with Crippen molar-refractivity contribution in [2.45, 2.75) is 5.16 Å². The molecule has 3 rings (SSSR count). The van der Waals surface area contributed by atoms with Crippen molar-refractivity contribution in [2.24, 2.45) is 0 Å². The zero-order valence-electron chi connectivity index (χ0n) is 10.6. The largest absolute Gasteiger partial charge is 0.317 e. The van der Waals surface area contributed by atoms with E-state index < -0.39 is 0 Å². The first-order valence-electron chi connectivity index (χ1n) is 5.84. The predicted molar refractivity (Wildman–Crippen MR) is 81.6 cm³/mol. The van der Waals surface area contributed by atoms with E-state index in [0.29, 0.717) is 16.5 Å². The van der Waals surface area contributed by atoms with Crippen LogP contribution in [-0.2, 0) is 0 Å².